The number of rotatable bonds is 27. The number of carbonyl (C=O) groups excluding carboxylic acids is 5. The molecule has 0 bridgehead atoms. The Labute approximate surface area is 511 Å². The topological polar surface area (TPSA) is 240 Å². The van der Waals surface area contributed by atoms with E-state index < -0.39 is 129 Å². The summed E-state index contributed by atoms with van der Waals surface area (Å²) in [5.41, 5.74) is 4.01. The van der Waals surface area contributed by atoms with Crippen LogP contribution in [0.5, 0.6) is 0 Å². The molecule has 0 unspecified atom stereocenters. The van der Waals surface area contributed by atoms with Gasteiger partial charge in [0.05, 0.1) is 70.3 Å². The van der Waals surface area contributed by atoms with E-state index >= 15 is 4.79 Å². The lowest BCUT2D eigenvalue weighted by Gasteiger charge is -2.52. The molecule has 88 heavy (non-hydrogen) atoms. The second kappa shape index (κ2) is 32.5. The Balaban J connectivity index is 1.17. The highest BCUT2D eigenvalue weighted by Crippen LogP contribution is 2.38. The maximum Gasteiger partial charge on any atom is 0.410 e. The van der Waals surface area contributed by atoms with Crippen molar-refractivity contribution < 1.29 is 91.0 Å². The molecule has 0 aliphatic carbocycles. The summed E-state index contributed by atoms with van der Waals surface area (Å²) >= 11 is 0. The number of ether oxygens (including phenoxy) is 12. The van der Waals surface area contributed by atoms with E-state index in [1.165, 1.54) is 30.9 Å². The van der Waals surface area contributed by atoms with Crippen molar-refractivity contribution in [2.75, 3.05) is 19.8 Å². The van der Waals surface area contributed by atoms with E-state index in [9.17, 15) is 29.4 Å². The molecule has 0 aromatic heterocycles. The summed E-state index contributed by atoms with van der Waals surface area (Å²) < 4.78 is 79.3. The van der Waals surface area contributed by atoms with Crippen LogP contribution in [-0.4, -0.2) is 150 Å². The molecule has 20 heteroatoms. The summed E-state index contributed by atoms with van der Waals surface area (Å²) in [7, 11) is 0. The van der Waals surface area contributed by atoms with Gasteiger partial charge in [-0.2, -0.15) is 0 Å². The van der Waals surface area contributed by atoms with Crippen molar-refractivity contribution in [3.05, 3.63) is 215 Å². The summed E-state index contributed by atoms with van der Waals surface area (Å²) in [6, 6.07) is 53.4. The average molecular weight is 1210 g/mol. The molecule has 466 valence electrons. The van der Waals surface area contributed by atoms with Gasteiger partial charge in [0.15, 0.2) is 24.8 Å². The van der Waals surface area contributed by atoms with Gasteiger partial charge in [-0.3, -0.25) is 14.5 Å². The molecule has 6 aromatic carbocycles. The third-order valence-corrected chi connectivity index (χ3v) is 15.2. The lowest BCUT2D eigenvalue weighted by atomic mass is 9.92. The maximum atomic E-state index is 15.0. The van der Waals surface area contributed by atoms with Gasteiger partial charge in [0.1, 0.15) is 61.2 Å². The van der Waals surface area contributed by atoms with Crippen molar-refractivity contribution in [1.82, 2.24) is 4.90 Å². The highest BCUT2D eigenvalue weighted by Gasteiger charge is 2.58. The third-order valence-electron chi connectivity index (χ3n) is 15.2. The van der Waals surface area contributed by atoms with Crippen molar-refractivity contribution in [3.8, 4) is 0 Å². The van der Waals surface area contributed by atoms with Crippen molar-refractivity contribution in [2.45, 2.75) is 152 Å². The molecule has 14 atom stereocenters. The Hall–Kier alpha value is -7.73. The first-order chi connectivity index (χ1) is 42.8. The Morgan fingerprint density at radius 1 is 0.511 bits per heavy atom. The summed E-state index contributed by atoms with van der Waals surface area (Å²) in [6.07, 6.45) is -20.3. The Morgan fingerprint density at radius 3 is 1.51 bits per heavy atom. The van der Waals surface area contributed by atoms with Gasteiger partial charge in [-0.05, 0) is 53.8 Å². The molecule has 6 aromatic rings. The monoisotopic (exact) mass is 1210 g/mol. The molecule has 3 fully saturated rings. The van der Waals surface area contributed by atoms with Crippen LogP contribution in [0.25, 0.3) is 0 Å². The Bertz CT molecular complexity index is 3110. The van der Waals surface area contributed by atoms with E-state index in [0.717, 1.165) is 22.3 Å². The second-order valence-electron chi connectivity index (χ2n) is 21.7. The Morgan fingerprint density at radius 2 is 0.989 bits per heavy atom. The van der Waals surface area contributed by atoms with Gasteiger partial charge in [-0.15, -0.1) is 0 Å². The van der Waals surface area contributed by atoms with Crippen molar-refractivity contribution in [3.63, 3.8) is 0 Å². The zero-order chi connectivity index (χ0) is 61.8. The van der Waals surface area contributed by atoms with Crippen LogP contribution in [0.1, 0.15) is 71.8 Å². The third kappa shape index (κ3) is 18.0. The van der Waals surface area contributed by atoms with Crippen LogP contribution in [0.3, 0.4) is 0 Å². The average Bonchev–Trinajstić information content (AvgIpc) is 1.40. The zero-order valence-electron chi connectivity index (χ0n) is 49.3. The predicted octanol–water partition coefficient (Wildman–Crippen LogP) is 8.01. The first-order valence-corrected chi connectivity index (χ1v) is 29.4. The number of benzene rings is 6. The van der Waals surface area contributed by atoms with Crippen LogP contribution in [0.2, 0.25) is 0 Å². The summed E-state index contributed by atoms with van der Waals surface area (Å²) in [5, 5.41) is 22.8. The van der Waals surface area contributed by atoms with Crippen LogP contribution in [0, 0.1) is 0 Å². The number of aliphatic hydroxyl groups is 2. The van der Waals surface area contributed by atoms with Gasteiger partial charge in [0.2, 0.25) is 0 Å². The highest BCUT2D eigenvalue weighted by molar-refractivity contribution is 5.89. The molecular weight excluding hydrogens is 1130 g/mol. The van der Waals surface area contributed by atoms with E-state index in [4.69, 9.17) is 56.8 Å². The number of carbonyl (C=O) groups is 5. The highest BCUT2D eigenvalue weighted by atomic mass is 16.8. The molecular formula is C68H75NO19. The number of likely N-dealkylation sites (tertiary alicyclic amines) is 1. The van der Waals surface area contributed by atoms with Gasteiger partial charge in [-0.25, -0.2) is 9.59 Å². The standard InChI is InChI=1S/C68H75NO19/c1-44(71)34-35-56(73)85-61-57(74)55(37-70)84-67(64(61)86-65(75)52-32-20-9-21-33-52)87-59-53(43-77-38-47-22-10-4-11-23-47)69(68(76)81-42-51-30-18-8-19-31-51)36-54(83-46(3)72)60(59)88-66-63(80-41-50-28-16-7-17-29-50)62(79-40-49-26-14-6-15-27-49)58(45(2)82-66)78-39-48-24-12-5-13-25-48/h4-33,45,53-55,57-64,66-67,70,74H,34-43H2,1-3H3/t45-,53-,54+,55-,57+,58+,59-,60-,61+,62+,63-,64-,66-,67+/m1/s1. The lowest BCUT2D eigenvalue weighted by molar-refractivity contribution is -0.362. The molecule has 3 saturated heterocycles. The normalized spacial score (nSPS) is 26.1. The number of Topliss-reactive ketones (excluding diaryl/α,β-unsaturated/α-hetero) is 1. The Kier molecular flexibility index (Phi) is 23.9. The minimum Gasteiger partial charge on any atom is -0.458 e. The number of hydrogen-bond donors (Lipinski definition) is 2. The van der Waals surface area contributed by atoms with Gasteiger partial charge in [0.25, 0.3) is 0 Å². The molecule has 20 nitrogen and oxygen atoms in total. The largest absolute Gasteiger partial charge is 0.458 e. The molecule has 3 heterocycles. The number of aliphatic hydroxyl groups excluding tert-OH is 2. The van der Waals surface area contributed by atoms with Crippen LogP contribution < -0.4 is 0 Å². The van der Waals surface area contributed by atoms with E-state index in [-0.39, 0.29) is 57.4 Å². The van der Waals surface area contributed by atoms with Crippen LogP contribution in [0.4, 0.5) is 4.79 Å². The summed E-state index contributed by atoms with van der Waals surface area (Å²) in [4.78, 5) is 70.0. The van der Waals surface area contributed by atoms with Crippen molar-refractivity contribution >= 4 is 29.8 Å². The molecule has 2 N–H and O–H groups in total. The number of ketones is 1. The minimum atomic E-state index is -1.92. The predicted molar refractivity (Wildman–Crippen MR) is 315 cm³/mol. The number of piperidine rings is 1. The van der Waals surface area contributed by atoms with Crippen molar-refractivity contribution in [1.29, 1.82) is 0 Å². The lowest BCUT2D eigenvalue weighted by Crippen LogP contribution is -2.70. The molecule has 9 rings (SSSR count). The minimum absolute atomic E-state index is 0.0215. The first-order valence-electron chi connectivity index (χ1n) is 29.4. The van der Waals surface area contributed by atoms with Crippen LogP contribution in [-0.2, 0) is 104 Å². The van der Waals surface area contributed by atoms with E-state index in [0.29, 0.717) is 5.56 Å². The number of esters is 3. The molecule has 3 aliphatic rings. The first kappa shape index (κ1) is 64.7. The maximum absolute atomic E-state index is 15.0. The van der Waals surface area contributed by atoms with Crippen LogP contribution in [0.15, 0.2) is 182 Å². The van der Waals surface area contributed by atoms with Gasteiger partial charge < -0.3 is 71.8 Å². The van der Waals surface area contributed by atoms with Crippen molar-refractivity contribution in [2.24, 2.45) is 0 Å². The molecule has 0 spiro atoms. The van der Waals surface area contributed by atoms with Gasteiger partial charge in [0, 0.05) is 13.3 Å². The molecule has 0 saturated carbocycles. The fourth-order valence-electron chi connectivity index (χ4n) is 10.7. The number of hydrogen-bond acceptors (Lipinski definition) is 19. The van der Waals surface area contributed by atoms with E-state index in [1.54, 1.807) is 49.4 Å². The fourth-order valence-corrected chi connectivity index (χ4v) is 10.7. The van der Waals surface area contributed by atoms with Gasteiger partial charge >= 0.3 is 24.0 Å². The quantitative estimate of drug-likeness (QED) is 0.0367. The SMILES string of the molecule is CC(=O)CCC(=O)O[C@H]1[C@@H](O)[C@@H](CO)O[C@@H](O[C@H]2[C@H](O[C@H]3O[C@H](C)[C@H](OCc4ccccc4)[C@H](OCc4ccccc4)[C@H]3OCc3ccccc3)[C@@H](OC(C)=O)CN(C(=O)OCc3ccccc3)[C@@H]2COCc2ccccc2)[C@@H]1OC(=O)c1ccccc1. The van der Waals surface area contributed by atoms with Gasteiger partial charge in [-0.1, -0.05) is 170 Å². The fraction of sp³-hybridized carbons (Fsp3) is 0.397. The number of nitrogens with zero attached hydrogens (tertiary/aromatic N) is 1. The zero-order valence-corrected chi connectivity index (χ0v) is 49.3. The second-order valence-corrected chi connectivity index (χ2v) is 21.7. The molecule has 0 radical (unpaired) electrons. The molecule has 1 amide bonds. The van der Waals surface area contributed by atoms with E-state index in [2.05, 4.69) is 0 Å². The summed E-state index contributed by atoms with van der Waals surface area (Å²) in [5.74, 6) is -3.02. The number of amides is 1. The van der Waals surface area contributed by atoms with Crippen LogP contribution >= 0.6 is 0 Å². The summed E-state index contributed by atoms with van der Waals surface area (Å²) in [6.45, 7) is 2.83. The van der Waals surface area contributed by atoms with E-state index in [1.807, 2.05) is 127 Å². The smallest absolute Gasteiger partial charge is 0.410 e. The molecule has 3 aliphatic heterocycles.